The predicted octanol–water partition coefficient (Wildman–Crippen LogP) is 3.44. The van der Waals surface area contributed by atoms with Gasteiger partial charge in [-0.25, -0.2) is 9.78 Å². The highest BCUT2D eigenvalue weighted by atomic mass is 79.9. The highest BCUT2D eigenvalue weighted by Gasteiger charge is 2.13. The van der Waals surface area contributed by atoms with Gasteiger partial charge in [0.25, 0.3) is 0 Å². The summed E-state index contributed by atoms with van der Waals surface area (Å²) in [6.45, 7) is 0. The SMILES string of the molecule is COC(=O)c1nc(Cl)cc2cc(Br)ccc12. The minimum Gasteiger partial charge on any atom is -0.464 e. The summed E-state index contributed by atoms with van der Waals surface area (Å²) in [6, 6.07) is 7.21. The van der Waals surface area contributed by atoms with Crippen LogP contribution in [-0.2, 0) is 4.74 Å². The summed E-state index contributed by atoms with van der Waals surface area (Å²) >= 11 is 9.20. The second-order valence-electron chi connectivity index (χ2n) is 3.15. The Kier molecular flexibility index (Phi) is 3.12. The van der Waals surface area contributed by atoms with Crippen LogP contribution in [0.15, 0.2) is 28.7 Å². The summed E-state index contributed by atoms with van der Waals surface area (Å²) < 4.78 is 5.57. The van der Waals surface area contributed by atoms with E-state index in [9.17, 15) is 4.79 Å². The summed E-state index contributed by atoms with van der Waals surface area (Å²) in [5.74, 6) is -0.491. The van der Waals surface area contributed by atoms with E-state index in [1.165, 1.54) is 7.11 Å². The molecule has 0 saturated heterocycles. The molecular formula is C11H7BrClNO2. The quantitative estimate of drug-likeness (QED) is 0.598. The lowest BCUT2D eigenvalue weighted by atomic mass is 10.1. The van der Waals surface area contributed by atoms with E-state index in [1.54, 1.807) is 12.1 Å². The lowest BCUT2D eigenvalue weighted by Gasteiger charge is -2.05. The smallest absolute Gasteiger partial charge is 0.357 e. The van der Waals surface area contributed by atoms with Gasteiger partial charge in [-0.05, 0) is 23.6 Å². The number of methoxy groups -OCH3 is 1. The van der Waals surface area contributed by atoms with Crippen molar-refractivity contribution in [1.29, 1.82) is 0 Å². The number of nitrogens with zero attached hydrogens (tertiary/aromatic N) is 1. The fourth-order valence-corrected chi connectivity index (χ4v) is 2.03. The number of hydrogen-bond acceptors (Lipinski definition) is 3. The lowest BCUT2D eigenvalue weighted by molar-refractivity contribution is 0.0596. The van der Waals surface area contributed by atoms with E-state index in [0.29, 0.717) is 0 Å². The Bertz CT molecular complexity index is 566. The largest absolute Gasteiger partial charge is 0.464 e. The van der Waals surface area contributed by atoms with E-state index in [2.05, 4.69) is 25.7 Å². The van der Waals surface area contributed by atoms with Gasteiger partial charge in [0.05, 0.1) is 7.11 Å². The van der Waals surface area contributed by atoms with Crippen LogP contribution in [0, 0.1) is 0 Å². The molecule has 0 N–H and O–H groups in total. The van der Waals surface area contributed by atoms with Crippen LogP contribution >= 0.6 is 27.5 Å². The molecule has 1 heterocycles. The van der Waals surface area contributed by atoms with Crippen LogP contribution in [0.2, 0.25) is 5.15 Å². The molecule has 0 saturated carbocycles. The van der Waals surface area contributed by atoms with Crippen molar-refractivity contribution in [1.82, 2.24) is 4.98 Å². The van der Waals surface area contributed by atoms with E-state index in [-0.39, 0.29) is 10.8 Å². The van der Waals surface area contributed by atoms with Crippen LogP contribution in [0.5, 0.6) is 0 Å². The van der Waals surface area contributed by atoms with E-state index in [0.717, 1.165) is 15.2 Å². The number of hydrogen-bond donors (Lipinski definition) is 0. The molecule has 0 unspecified atom stereocenters. The second-order valence-corrected chi connectivity index (χ2v) is 4.45. The average Bonchev–Trinajstić information content (AvgIpc) is 2.26. The summed E-state index contributed by atoms with van der Waals surface area (Å²) in [5, 5.41) is 1.83. The molecule has 0 aliphatic carbocycles. The third-order valence-corrected chi connectivity index (χ3v) is 2.83. The zero-order chi connectivity index (χ0) is 11.7. The van der Waals surface area contributed by atoms with E-state index in [1.807, 2.05) is 12.1 Å². The second kappa shape index (κ2) is 4.39. The Morgan fingerprint density at radius 1 is 1.44 bits per heavy atom. The standard InChI is InChI=1S/C11H7BrClNO2/c1-16-11(15)10-8-3-2-7(12)4-6(8)5-9(13)14-10/h2-5H,1H3. The van der Waals surface area contributed by atoms with Gasteiger partial charge in [0.2, 0.25) is 0 Å². The van der Waals surface area contributed by atoms with Crippen molar-refractivity contribution in [3.05, 3.63) is 39.6 Å². The first kappa shape index (κ1) is 11.4. The van der Waals surface area contributed by atoms with Crippen molar-refractivity contribution in [2.75, 3.05) is 7.11 Å². The summed E-state index contributed by atoms with van der Waals surface area (Å²) in [4.78, 5) is 15.5. The molecule has 3 nitrogen and oxygen atoms in total. The first-order valence-electron chi connectivity index (χ1n) is 4.46. The molecule has 0 amide bonds. The number of pyridine rings is 1. The number of carbonyl (C=O) groups is 1. The highest BCUT2D eigenvalue weighted by molar-refractivity contribution is 9.10. The molecule has 16 heavy (non-hydrogen) atoms. The molecule has 0 atom stereocenters. The highest BCUT2D eigenvalue weighted by Crippen LogP contribution is 2.24. The van der Waals surface area contributed by atoms with Gasteiger partial charge in [0, 0.05) is 9.86 Å². The van der Waals surface area contributed by atoms with Crippen molar-refractivity contribution >= 4 is 44.3 Å². The molecular weight excluding hydrogens is 293 g/mol. The van der Waals surface area contributed by atoms with Crippen LogP contribution in [0.3, 0.4) is 0 Å². The maximum Gasteiger partial charge on any atom is 0.357 e. The Morgan fingerprint density at radius 3 is 2.88 bits per heavy atom. The zero-order valence-corrected chi connectivity index (χ0v) is 10.7. The Hall–Kier alpha value is -1.13. The van der Waals surface area contributed by atoms with Crippen molar-refractivity contribution < 1.29 is 9.53 Å². The monoisotopic (exact) mass is 299 g/mol. The molecule has 2 aromatic rings. The third-order valence-electron chi connectivity index (χ3n) is 2.14. The number of ether oxygens (including phenoxy) is 1. The molecule has 0 fully saturated rings. The van der Waals surface area contributed by atoms with E-state index < -0.39 is 5.97 Å². The fraction of sp³-hybridized carbons (Fsp3) is 0.0909. The van der Waals surface area contributed by atoms with E-state index in [4.69, 9.17) is 11.6 Å². The molecule has 2 rings (SSSR count). The topological polar surface area (TPSA) is 39.2 Å². The van der Waals surface area contributed by atoms with Gasteiger partial charge < -0.3 is 4.74 Å². The molecule has 0 aliphatic heterocycles. The molecule has 5 heteroatoms. The molecule has 0 bridgehead atoms. The van der Waals surface area contributed by atoms with Crippen LogP contribution in [0.25, 0.3) is 10.8 Å². The van der Waals surface area contributed by atoms with Crippen molar-refractivity contribution in [2.24, 2.45) is 0 Å². The van der Waals surface area contributed by atoms with Gasteiger partial charge in [-0.1, -0.05) is 33.6 Å². The number of fused-ring (bicyclic) bond motifs is 1. The Labute approximate surface area is 106 Å². The van der Waals surface area contributed by atoms with Crippen molar-refractivity contribution in [3.8, 4) is 0 Å². The zero-order valence-electron chi connectivity index (χ0n) is 8.33. The number of aromatic nitrogens is 1. The van der Waals surface area contributed by atoms with Gasteiger partial charge >= 0.3 is 5.97 Å². The van der Waals surface area contributed by atoms with Gasteiger partial charge in [-0.3, -0.25) is 0 Å². The first-order valence-corrected chi connectivity index (χ1v) is 5.63. The first-order chi connectivity index (χ1) is 7.61. The molecule has 0 aliphatic rings. The third kappa shape index (κ3) is 2.03. The van der Waals surface area contributed by atoms with Gasteiger partial charge in [-0.2, -0.15) is 0 Å². The minimum atomic E-state index is -0.491. The van der Waals surface area contributed by atoms with Gasteiger partial charge in [0.15, 0.2) is 5.69 Å². The van der Waals surface area contributed by atoms with Gasteiger partial charge in [-0.15, -0.1) is 0 Å². The maximum atomic E-state index is 11.5. The molecule has 1 aromatic heterocycles. The number of benzene rings is 1. The minimum absolute atomic E-state index is 0.234. The summed E-state index contributed by atoms with van der Waals surface area (Å²) in [6.07, 6.45) is 0. The van der Waals surface area contributed by atoms with Crippen LogP contribution in [0.4, 0.5) is 0 Å². The van der Waals surface area contributed by atoms with Gasteiger partial charge in [0.1, 0.15) is 5.15 Å². The van der Waals surface area contributed by atoms with E-state index >= 15 is 0 Å². The number of rotatable bonds is 1. The maximum absolute atomic E-state index is 11.5. The Morgan fingerprint density at radius 2 is 2.19 bits per heavy atom. The van der Waals surface area contributed by atoms with Crippen LogP contribution in [-0.4, -0.2) is 18.1 Å². The predicted molar refractivity (Wildman–Crippen MR) is 65.8 cm³/mol. The molecule has 0 spiro atoms. The number of esters is 1. The van der Waals surface area contributed by atoms with Crippen molar-refractivity contribution in [3.63, 3.8) is 0 Å². The lowest BCUT2D eigenvalue weighted by Crippen LogP contribution is -2.05. The summed E-state index contributed by atoms with van der Waals surface area (Å²) in [7, 11) is 1.32. The normalized spacial score (nSPS) is 10.4. The number of halogens is 2. The molecule has 82 valence electrons. The number of carbonyl (C=O) groups excluding carboxylic acids is 1. The van der Waals surface area contributed by atoms with Crippen LogP contribution < -0.4 is 0 Å². The summed E-state index contributed by atoms with van der Waals surface area (Å²) in [5.41, 5.74) is 0.234. The average molecular weight is 301 g/mol. The van der Waals surface area contributed by atoms with Crippen LogP contribution in [0.1, 0.15) is 10.5 Å². The molecule has 0 radical (unpaired) electrons. The fourth-order valence-electron chi connectivity index (χ4n) is 1.45. The Balaban J connectivity index is 2.77. The molecule has 1 aromatic carbocycles. The van der Waals surface area contributed by atoms with Crippen molar-refractivity contribution in [2.45, 2.75) is 0 Å².